The summed E-state index contributed by atoms with van der Waals surface area (Å²) in [6.07, 6.45) is 2.33. The highest BCUT2D eigenvalue weighted by atomic mass is 16.5. The molecule has 0 radical (unpaired) electrons. The van der Waals surface area contributed by atoms with E-state index in [9.17, 15) is 0 Å². The Balaban J connectivity index is 1.69. The minimum atomic E-state index is 0.825. The minimum Gasteiger partial charge on any atom is -0.495 e. The van der Waals surface area contributed by atoms with Gasteiger partial charge in [0.25, 0.3) is 0 Å². The summed E-state index contributed by atoms with van der Waals surface area (Å²) >= 11 is 0. The number of benzene rings is 1. The van der Waals surface area contributed by atoms with Crippen molar-refractivity contribution in [1.29, 1.82) is 0 Å². The third-order valence-corrected chi connectivity index (χ3v) is 5.05. The molecule has 0 N–H and O–H groups in total. The van der Waals surface area contributed by atoms with Gasteiger partial charge >= 0.3 is 0 Å². The summed E-state index contributed by atoms with van der Waals surface area (Å²) in [7, 11) is 3.81. The van der Waals surface area contributed by atoms with Gasteiger partial charge in [0.15, 0.2) is 0 Å². The number of anilines is 3. The average Bonchev–Trinajstić information content (AvgIpc) is 2.71. The molecule has 1 aromatic carbocycles. The molecular formula is C21H31N5O. The number of rotatable bonds is 7. The van der Waals surface area contributed by atoms with Crippen LogP contribution in [0.25, 0.3) is 0 Å². The lowest BCUT2D eigenvalue weighted by Crippen LogP contribution is -2.47. The fraction of sp³-hybridized carbons (Fsp3) is 0.524. The van der Waals surface area contributed by atoms with Crippen LogP contribution in [-0.4, -0.2) is 56.8 Å². The Hall–Kier alpha value is -2.50. The lowest BCUT2D eigenvalue weighted by Gasteiger charge is -2.37. The maximum Gasteiger partial charge on any atom is 0.227 e. The lowest BCUT2D eigenvalue weighted by molar-refractivity contribution is 0.413. The molecule has 2 heterocycles. The van der Waals surface area contributed by atoms with E-state index in [1.165, 1.54) is 12.1 Å². The zero-order valence-electron chi connectivity index (χ0n) is 17.0. The van der Waals surface area contributed by atoms with E-state index in [-0.39, 0.29) is 0 Å². The number of hydrogen-bond acceptors (Lipinski definition) is 6. The van der Waals surface area contributed by atoms with Crippen molar-refractivity contribution < 1.29 is 4.74 Å². The molecule has 27 heavy (non-hydrogen) atoms. The van der Waals surface area contributed by atoms with Crippen molar-refractivity contribution in [2.75, 3.05) is 61.6 Å². The molecule has 2 aromatic rings. The molecule has 6 heteroatoms. The number of aryl methyl sites for hydroxylation is 1. The highest BCUT2D eigenvalue weighted by Crippen LogP contribution is 2.29. The molecule has 3 rings (SSSR count). The molecule has 1 aliphatic heterocycles. The van der Waals surface area contributed by atoms with Crippen molar-refractivity contribution in [3.63, 3.8) is 0 Å². The molecule has 0 unspecified atom stereocenters. The van der Waals surface area contributed by atoms with E-state index in [4.69, 9.17) is 9.72 Å². The van der Waals surface area contributed by atoms with Gasteiger partial charge in [0.1, 0.15) is 11.6 Å². The molecule has 1 aliphatic rings. The SMILES string of the molecule is CCCCN(C)c1nc(C)cc(N2CCN(c3ccccc3OC)CC2)n1. The molecule has 1 aromatic heterocycles. The largest absolute Gasteiger partial charge is 0.495 e. The number of ether oxygens (including phenoxy) is 1. The Labute approximate surface area is 162 Å². The summed E-state index contributed by atoms with van der Waals surface area (Å²) in [6.45, 7) is 9.01. The number of methoxy groups -OCH3 is 1. The number of nitrogens with zero attached hydrogens (tertiary/aromatic N) is 5. The van der Waals surface area contributed by atoms with Gasteiger partial charge in [0, 0.05) is 51.5 Å². The van der Waals surface area contributed by atoms with Crippen LogP contribution in [0, 0.1) is 6.92 Å². The maximum atomic E-state index is 5.52. The predicted molar refractivity (Wildman–Crippen MR) is 112 cm³/mol. The van der Waals surface area contributed by atoms with Gasteiger partial charge in [-0.3, -0.25) is 0 Å². The molecule has 0 saturated carbocycles. The van der Waals surface area contributed by atoms with E-state index in [1.807, 2.05) is 19.1 Å². The Morgan fingerprint density at radius 1 is 1.07 bits per heavy atom. The van der Waals surface area contributed by atoms with E-state index in [0.717, 1.165) is 62.4 Å². The Morgan fingerprint density at radius 2 is 1.78 bits per heavy atom. The van der Waals surface area contributed by atoms with Crippen LogP contribution in [0.5, 0.6) is 5.75 Å². The second kappa shape index (κ2) is 8.93. The van der Waals surface area contributed by atoms with Gasteiger partial charge in [0.05, 0.1) is 12.8 Å². The number of piperazine rings is 1. The summed E-state index contributed by atoms with van der Waals surface area (Å²) in [5, 5.41) is 0. The monoisotopic (exact) mass is 369 g/mol. The molecule has 1 saturated heterocycles. The number of hydrogen-bond donors (Lipinski definition) is 0. The van der Waals surface area contributed by atoms with Gasteiger partial charge in [-0.2, -0.15) is 4.98 Å². The van der Waals surface area contributed by atoms with Crippen LogP contribution in [0.4, 0.5) is 17.5 Å². The normalized spacial score (nSPS) is 14.4. The Bertz CT molecular complexity index is 743. The third-order valence-electron chi connectivity index (χ3n) is 5.05. The van der Waals surface area contributed by atoms with Gasteiger partial charge in [-0.05, 0) is 25.5 Å². The summed E-state index contributed by atoms with van der Waals surface area (Å²) in [4.78, 5) is 16.4. The molecule has 0 bridgehead atoms. The standard InChI is InChI=1S/C21H31N5O/c1-5-6-11-24(3)21-22-17(2)16-20(23-21)26-14-12-25(13-15-26)18-9-7-8-10-19(18)27-4/h7-10,16H,5-6,11-15H2,1-4H3. The van der Waals surface area contributed by atoms with Crippen LogP contribution in [0.3, 0.4) is 0 Å². The van der Waals surface area contributed by atoms with Crippen LogP contribution in [0.1, 0.15) is 25.5 Å². The van der Waals surface area contributed by atoms with E-state index >= 15 is 0 Å². The zero-order chi connectivity index (χ0) is 19.2. The first kappa shape index (κ1) is 19.3. The summed E-state index contributed by atoms with van der Waals surface area (Å²) in [5.41, 5.74) is 2.18. The van der Waals surface area contributed by atoms with Gasteiger partial charge in [0.2, 0.25) is 5.95 Å². The smallest absolute Gasteiger partial charge is 0.227 e. The summed E-state index contributed by atoms with van der Waals surface area (Å²) in [5.74, 6) is 2.79. The van der Waals surface area contributed by atoms with Crippen LogP contribution in [0.15, 0.2) is 30.3 Å². The first-order valence-electron chi connectivity index (χ1n) is 9.82. The Morgan fingerprint density at radius 3 is 2.48 bits per heavy atom. The van der Waals surface area contributed by atoms with Crippen molar-refractivity contribution in [3.8, 4) is 5.75 Å². The quantitative estimate of drug-likeness (QED) is 0.746. The number of para-hydroxylation sites is 2. The van der Waals surface area contributed by atoms with Crippen LogP contribution >= 0.6 is 0 Å². The summed E-state index contributed by atoms with van der Waals surface area (Å²) in [6, 6.07) is 10.3. The van der Waals surface area contributed by atoms with Gasteiger partial charge in [-0.15, -0.1) is 0 Å². The van der Waals surface area contributed by atoms with E-state index in [1.54, 1.807) is 7.11 Å². The van der Waals surface area contributed by atoms with Crippen molar-refractivity contribution in [2.45, 2.75) is 26.7 Å². The molecular weight excluding hydrogens is 338 g/mol. The van der Waals surface area contributed by atoms with Gasteiger partial charge in [-0.1, -0.05) is 25.5 Å². The minimum absolute atomic E-state index is 0.825. The van der Waals surface area contributed by atoms with Crippen LogP contribution in [-0.2, 0) is 0 Å². The van der Waals surface area contributed by atoms with Gasteiger partial charge < -0.3 is 19.4 Å². The molecule has 6 nitrogen and oxygen atoms in total. The second-order valence-electron chi connectivity index (χ2n) is 7.09. The number of aromatic nitrogens is 2. The summed E-state index contributed by atoms with van der Waals surface area (Å²) < 4.78 is 5.52. The molecule has 1 fully saturated rings. The molecule has 0 spiro atoms. The molecule has 0 amide bonds. The zero-order valence-corrected chi connectivity index (χ0v) is 17.0. The number of unbranched alkanes of at least 4 members (excludes halogenated alkanes) is 1. The van der Waals surface area contributed by atoms with E-state index in [0.29, 0.717) is 0 Å². The fourth-order valence-electron chi connectivity index (χ4n) is 3.43. The first-order chi connectivity index (χ1) is 13.1. The lowest BCUT2D eigenvalue weighted by atomic mass is 10.2. The van der Waals surface area contributed by atoms with Crippen molar-refractivity contribution in [3.05, 3.63) is 36.0 Å². The molecule has 0 aliphatic carbocycles. The average molecular weight is 370 g/mol. The van der Waals surface area contributed by atoms with Gasteiger partial charge in [-0.25, -0.2) is 4.98 Å². The topological polar surface area (TPSA) is 44.7 Å². The third kappa shape index (κ3) is 4.62. The molecule has 146 valence electrons. The fourth-order valence-corrected chi connectivity index (χ4v) is 3.43. The van der Waals surface area contributed by atoms with E-state index < -0.39 is 0 Å². The highest BCUT2D eigenvalue weighted by Gasteiger charge is 2.21. The maximum absolute atomic E-state index is 5.52. The van der Waals surface area contributed by atoms with Crippen LogP contribution in [0.2, 0.25) is 0 Å². The van der Waals surface area contributed by atoms with Crippen molar-refractivity contribution >= 4 is 17.5 Å². The highest BCUT2D eigenvalue weighted by molar-refractivity contribution is 5.59. The van der Waals surface area contributed by atoms with Crippen molar-refractivity contribution in [1.82, 2.24) is 9.97 Å². The first-order valence-corrected chi connectivity index (χ1v) is 9.82. The van der Waals surface area contributed by atoms with Crippen molar-refractivity contribution in [2.24, 2.45) is 0 Å². The van der Waals surface area contributed by atoms with Crippen LogP contribution < -0.4 is 19.4 Å². The predicted octanol–water partition coefficient (Wildman–Crippen LogP) is 3.36. The molecule has 0 atom stereocenters. The second-order valence-corrected chi connectivity index (χ2v) is 7.09. The Kier molecular flexibility index (Phi) is 6.37. The van der Waals surface area contributed by atoms with E-state index in [2.05, 4.69) is 51.9 Å².